The Kier molecular flexibility index (Phi) is 6.72. The first-order chi connectivity index (χ1) is 17.9. The molecule has 0 saturated carbocycles. The predicted octanol–water partition coefficient (Wildman–Crippen LogP) is 3.64. The largest absolute Gasteiger partial charge is 0.478 e. The normalized spacial score (nSPS) is 17.0. The van der Waals surface area contributed by atoms with Crippen molar-refractivity contribution in [3.8, 4) is 0 Å². The van der Waals surface area contributed by atoms with Crippen LogP contribution in [0.2, 0.25) is 0 Å². The third kappa shape index (κ3) is 5.09. The first kappa shape index (κ1) is 24.2. The van der Waals surface area contributed by atoms with E-state index in [9.17, 15) is 19.5 Å². The average molecular weight is 499 g/mol. The molecule has 188 valence electrons. The third-order valence-corrected chi connectivity index (χ3v) is 6.36. The molecule has 2 aliphatic rings. The lowest BCUT2D eigenvalue weighted by Gasteiger charge is -2.19. The monoisotopic (exact) mass is 498 g/mol. The van der Waals surface area contributed by atoms with Crippen LogP contribution in [0.25, 0.3) is 11.3 Å². The molecule has 3 N–H and O–H groups in total. The smallest absolute Gasteiger partial charge is 0.335 e. The number of carbonyl (C=O) groups excluding carboxylic acids is 2. The van der Waals surface area contributed by atoms with Crippen molar-refractivity contribution in [3.63, 3.8) is 0 Å². The van der Waals surface area contributed by atoms with Crippen molar-refractivity contribution < 1.29 is 24.3 Å². The van der Waals surface area contributed by atoms with Crippen molar-refractivity contribution in [1.82, 2.24) is 9.96 Å². The molecule has 37 heavy (non-hydrogen) atoms. The zero-order valence-electron chi connectivity index (χ0n) is 20.2. The molecule has 5 rings (SSSR count). The number of fused-ring (bicyclic) bond motifs is 1. The van der Waals surface area contributed by atoms with Crippen LogP contribution in [0, 0.1) is 0 Å². The van der Waals surface area contributed by atoms with Gasteiger partial charge in [0.1, 0.15) is 0 Å². The van der Waals surface area contributed by atoms with Crippen molar-refractivity contribution in [2.45, 2.75) is 0 Å². The van der Waals surface area contributed by atoms with Crippen LogP contribution < -0.4 is 10.6 Å². The van der Waals surface area contributed by atoms with Crippen LogP contribution in [0.1, 0.15) is 31.8 Å². The van der Waals surface area contributed by atoms with Gasteiger partial charge in [0.05, 0.1) is 35.7 Å². The minimum absolute atomic E-state index is 0.0924. The highest BCUT2D eigenvalue weighted by atomic mass is 16.7. The van der Waals surface area contributed by atoms with Gasteiger partial charge in [-0.2, -0.15) is 0 Å². The van der Waals surface area contributed by atoms with E-state index in [2.05, 4.69) is 15.5 Å². The molecule has 2 aliphatic heterocycles. The van der Waals surface area contributed by atoms with E-state index in [-0.39, 0.29) is 17.4 Å². The molecule has 3 aromatic rings. The molecule has 2 heterocycles. The van der Waals surface area contributed by atoms with E-state index in [1.54, 1.807) is 30.3 Å². The van der Waals surface area contributed by atoms with Crippen LogP contribution in [0.15, 0.2) is 72.8 Å². The number of hydrogen-bond acceptors (Lipinski definition) is 6. The number of amides is 2. The topological polar surface area (TPSA) is 111 Å². The molecule has 9 nitrogen and oxygen atoms in total. The summed E-state index contributed by atoms with van der Waals surface area (Å²) in [6.45, 7) is 2.43. The van der Waals surface area contributed by atoms with E-state index < -0.39 is 5.97 Å². The van der Waals surface area contributed by atoms with Gasteiger partial charge < -0.3 is 20.6 Å². The minimum atomic E-state index is -1.07. The average Bonchev–Trinajstić information content (AvgIpc) is 3.07. The Hall–Kier alpha value is -4.47. The van der Waals surface area contributed by atoms with Gasteiger partial charge in [-0.3, -0.25) is 14.4 Å². The molecular weight excluding hydrogens is 472 g/mol. The molecule has 0 aliphatic carbocycles. The summed E-state index contributed by atoms with van der Waals surface area (Å²) < 4.78 is 0. The number of carboxylic acid groups (broad SMARTS) is 1. The van der Waals surface area contributed by atoms with Crippen LogP contribution in [0.3, 0.4) is 0 Å². The standard InChI is InChI=1S/C28H26N4O5/c1-31-13-14-32(37-16-15-31)27(34)19-7-10-21(11-8-19)29-25(18-5-3-2-4-6-18)24-22-12-9-20(28(35)36)17-23(22)30-26(24)33/h2-12,17,29H,13-16H2,1H3,(H,30,33)(H,35,36)/b25-24+. The van der Waals surface area contributed by atoms with Crippen molar-refractivity contribution in [2.75, 3.05) is 43.9 Å². The lowest BCUT2D eigenvalue weighted by Crippen LogP contribution is -2.33. The fourth-order valence-corrected chi connectivity index (χ4v) is 4.33. The molecule has 0 bridgehead atoms. The summed E-state index contributed by atoms with van der Waals surface area (Å²) in [5.41, 5.74) is 4.07. The Morgan fingerprint density at radius 3 is 2.38 bits per heavy atom. The SMILES string of the molecule is CN1CCON(C(=O)c2ccc(N/C(=C3/C(=O)Nc4cc(C(=O)O)ccc43)c3ccccc3)cc2)CC1. The molecule has 1 saturated heterocycles. The number of nitrogens with zero attached hydrogens (tertiary/aromatic N) is 2. The highest BCUT2D eigenvalue weighted by Crippen LogP contribution is 2.38. The molecule has 0 atom stereocenters. The number of aromatic carboxylic acids is 1. The van der Waals surface area contributed by atoms with E-state index in [1.807, 2.05) is 37.4 Å². The van der Waals surface area contributed by atoms with Gasteiger partial charge in [0.2, 0.25) is 0 Å². The maximum absolute atomic E-state index is 13.1. The molecule has 0 unspecified atom stereocenters. The molecule has 3 aromatic carbocycles. The molecule has 1 fully saturated rings. The third-order valence-electron chi connectivity index (χ3n) is 6.36. The van der Waals surface area contributed by atoms with Gasteiger partial charge in [0.15, 0.2) is 0 Å². The summed E-state index contributed by atoms with van der Waals surface area (Å²) >= 11 is 0. The molecule has 0 radical (unpaired) electrons. The Bertz CT molecular complexity index is 1390. The molecule has 0 aromatic heterocycles. The number of benzene rings is 3. The van der Waals surface area contributed by atoms with Gasteiger partial charge >= 0.3 is 5.97 Å². The number of nitrogens with one attached hydrogen (secondary N) is 2. The first-order valence-electron chi connectivity index (χ1n) is 11.9. The number of hydrogen-bond donors (Lipinski definition) is 3. The highest BCUT2D eigenvalue weighted by Gasteiger charge is 2.29. The van der Waals surface area contributed by atoms with Crippen molar-refractivity contribution in [3.05, 3.63) is 95.1 Å². The number of hydroxylamine groups is 2. The quantitative estimate of drug-likeness (QED) is 0.461. The van der Waals surface area contributed by atoms with E-state index in [4.69, 9.17) is 4.84 Å². The van der Waals surface area contributed by atoms with Crippen molar-refractivity contribution in [2.24, 2.45) is 0 Å². The number of rotatable bonds is 5. The first-order valence-corrected chi connectivity index (χ1v) is 11.9. The van der Waals surface area contributed by atoms with Crippen LogP contribution >= 0.6 is 0 Å². The second kappa shape index (κ2) is 10.3. The summed E-state index contributed by atoms with van der Waals surface area (Å²) in [6.07, 6.45) is 0. The zero-order valence-corrected chi connectivity index (χ0v) is 20.2. The zero-order chi connectivity index (χ0) is 25.9. The van der Waals surface area contributed by atoms with Gasteiger partial charge in [-0.1, -0.05) is 36.4 Å². The lowest BCUT2D eigenvalue weighted by molar-refractivity contribution is -0.112. The van der Waals surface area contributed by atoms with Crippen LogP contribution in [0.5, 0.6) is 0 Å². The number of anilines is 2. The van der Waals surface area contributed by atoms with Gasteiger partial charge in [-0.15, -0.1) is 0 Å². The van der Waals surface area contributed by atoms with Crippen molar-refractivity contribution >= 4 is 40.4 Å². The van der Waals surface area contributed by atoms with E-state index >= 15 is 0 Å². The summed E-state index contributed by atoms with van der Waals surface area (Å²) in [5.74, 6) is -1.61. The fraction of sp³-hybridized carbons (Fsp3) is 0.179. The van der Waals surface area contributed by atoms with E-state index in [0.717, 1.165) is 18.7 Å². The molecule has 2 amide bonds. The molecule has 9 heteroatoms. The number of carbonyl (C=O) groups is 3. The maximum atomic E-state index is 13.1. The summed E-state index contributed by atoms with van der Waals surface area (Å²) in [6, 6.07) is 21.0. The predicted molar refractivity (Wildman–Crippen MR) is 140 cm³/mol. The van der Waals surface area contributed by atoms with Crippen LogP contribution in [0.4, 0.5) is 11.4 Å². The maximum Gasteiger partial charge on any atom is 0.335 e. The highest BCUT2D eigenvalue weighted by molar-refractivity contribution is 6.37. The Labute approximate surface area is 213 Å². The molecule has 0 spiro atoms. The summed E-state index contributed by atoms with van der Waals surface area (Å²) in [7, 11) is 1.99. The number of likely N-dealkylation sites (N-methyl/N-ethyl adjacent to an activating group) is 1. The fourth-order valence-electron chi connectivity index (χ4n) is 4.33. The van der Waals surface area contributed by atoms with Gasteiger partial charge in [0.25, 0.3) is 11.8 Å². The Morgan fingerprint density at radius 2 is 1.65 bits per heavy atom. The van der Waals surface area contributed by atoms with E-state index in [1.165, 1.54) is 17.2 Å². The van der Waals surface area contributed by atoms with Crippen LogP contribution in [-0.2, 0) is 9.63 Å². The van der Waals surface area contributed by atoms with Gasteiger partial charge in [-0.25, -0.2) is 9.86 Å². The van der Waals surface area contributed by atoms with Gasteiger partial charge in [0, 0.05) is 29.9 Å². The summed E-state index contributed by atoms with van der Waals surface area (Å²) in [5, 5.41) is 16.9. The lowest BCUT2D eigenvalue weighted by atomic mass is 9.99. The Morgan fingerprint density at radius 1 is 0.919 bits per heavy atom. The minimum Gasteiger partial charge on any atom is -0.478 e. The van der Waals surface area contributed by atoms with Gasteiger partial charge in [-0.05, 0) is 49.0 Å². The van der Waals surface area contributed by atoms with Crippen LogP contribution in [-0.4, -0.2) is 66.1 Å². The number of carboxylic acids is 1. The second-order valence-electron chi connectivity index (χ2n) is 8.88. The van der Waals surface area contributed by atoms with E-state index in [0.29, 0.717) is 46.9 Å². The summed E-state index contributed by atoms with van der Waals surface area (Å²) in [4.78, 5) is 45.1. The van der Waals surface area contributed by atoms with Crippen molar-refractivity contribution in [1.29, 1.82) is 0 Å². The Balaban J connectivity index is 1.46. The molecular formula is C28H26N4O5. The second-order valence-corrected chi connectivity index (χ2v) is 8.88.